The van der Waals surface area contributed by atoms with E-state index in [2.05, 4.69) is 11.6 Å². The third-order valence-corrected chi connectivity index (χ3v) is 5.88. The normalized spacial score (nSPS) is 11.5. The van der Waals surface area contributed by atoms with Crippen molar-refractivity contribution in [1.82, 2.24) is 4.72 Å². The van der Waals surface area contributed by atoms with E-state index in [9.17, 15) is 8.42 Å². The van der Waals surface area contributed by atoms with Crippen LogP contribution in [0.4, 0.5) is 0 Å². The van der Waals surface area contributed by atoms with Gasteiger partial charge in [0.05, 0.1) is 17.5 Å². The molecule has 0 heterocycles. The molecule has 0 bridgehead atoms. The summed E-state index contributed by atoms with van der Waals surface area (Å²) in [5.74, 6) is 0.676. The summed E-state index contributed by atoms with van der Waals surface area (Å²) in [4.78, 5) is 0.215. The van der Waals surface area contributed by atoms with Gasteiger partial charge in [-0.2, -0.15) is 4.72 Å². The summed E-state index contributed by atoms with van der Waals surface area (Å²) in [5, 5.41) is 0. The minimum absolute atomic E-state index is 0.215. The molecule has 0 aliphatic rings. The molecule has 0 aliphatic carbocycles. The van der Waals surface area contributed by atoms with Gasteiger partial charge in [0.25, 0.3) is 0 Å². The zero-order chi connectivity index (χ0) is 19.8. The van der Waals surface area contributed by atoms with Crippen LogP contribution in [0.15, 0.2) is 89.8 Å². The van der Waals surface area contributed by atoms with E-state index in [4.69, 9.17) is 4.74 Å². The number of benzene rings is 3. The molecule has 0 radical (unpaired) electrons. The summed E-state index contributed by atoms with van der Waals surface area (Å²) >= 11 is 0. The SMILES string of the molecule is CCCCOc1ccc(S(=O)(=O)NC(c2ccccc2)c2ccccc2)cc1. The summed E-state index contributed by atoms with van der Waals surface area (Å²) in [6.45, 7) is 2.73. The van der Waals surface area contributed by atoms with Gasteiger partial charge in [-0.05, 0) is 41.8 Å². The molecule has 0 aromatic heterocycles. The summed E-state index contributed by atoms with van der Waals surface area (Å²) in [5.41, 5.74) is 1.77. The van der Waals surface area contributed by atoms with E-state index in [-0.39, 0.29) is 4.90 Å². The molecule has 146 valence electrons. The molecule has 0 amide bonds. The van der Waals surface area contributed by atoms with Gasteiger partial charge < -0.3 is 4.74 Å². The summed E-state index contributed by atoms with van der Waals surface area (Å²) in [6.07, 6.45) is 2.02. The molecule has 4 nitrogen and oxygen atoms in total. The molecular formula is C23H25NO3S. The molecule has 0 spiro atoms. The van der Waals surface area contributed by atoms with Gasteiger partial charge in [-0.3, -0.25) is 0 Å². The first kappa shape index (κ1) is 20.1. The Kier molecular flexibility index (Phi) is 6.85. The number of sulfonamides is 1. The summed E-state index contributed by atoms with van der Waals surface area (Å²) < 4.78 is 34.5. The van der Waals surface area contributed by atoms with Crippen molar-refractivity contribution >= 4 is 10.0 Å². The van der Waals surface area contributed by atoms with E-state index >= 15 is 0 Å². The Morgan fingerprint density at radius 1 is 0.821 bits per heavy atom. The average molecular weight is 396 g/mol. The average Bonchev–Trinajstić information content (AvgIpc) is 2.74. The van der Waals surface area contributed by atoms with E-state index in [1.54, 1.807) is 24.3 Å². The fourth-order valence-electron chi connectivity index (χ4n) is 2.89. The molecule has 5 heteroatoms. The van der Waals surface area contributed by atoms with E-state index in [0.29, 0.717) is 12.4 Å². The van der Waals surface area contributed by atoms with Crippen LogP contribution in [0, 0.1) is 0 Å². The lowest BCUT2D eigenvalue weighted by Gasteiger charge is -2.20. The third kappa shape index (κ3) is 5.21. The van der Waals surface area contributed by atoms with Crippen LogP contribution >= 0.6 is 0 Å². The number of nitrogens with one attached hydrogen (secondary N) is 1. The second-order valence-electron chi connectivity index (χ2n) is 6.55. The van der Waals surface area contributed by atoms with Crippen molar-refractivity contribution in [1.29, 1.82) is 0 Å². The fraction of sp³-hybridized carbons (Fsp3) is 0.217. The number of ether oxygens (including phenoxy) is 1. The molecule has 0 fully saturated rings. The Morgan fingerprint density at radius 2 is 1.36 bits per heavy atom. The first-order valence-electron chi connectivity index (χ1n) is 9.45. The molecule has 1 N–H and O–H groups in total. The predicted octanol–water partition coefficient (Wildman–Crippen LogP) is 4.93. The van der Waals surface area contributed by atoms with Crippen molar-refractivity contribution in [2.45, 2.75) is 30.7 Å². The van der Waals surface area contributed by atoms with Crippen LogP contribution in [0.3, 0.4) is 0 Å². The quantitative estimate of drug-likeness (QED) is 0.523. The molecule has 0 aliphatic heterocycles. The fourth-order valence-corrected chi connectivity index (χ4v) is 4.11. The highest BCUT2D eigenvalue weighted by Crippen LogP contribution is 2.25. The molecule has 0 saturated carbocycles. The Morgan fingerprint density at radius 3 is 1.86 bits per heavy atom. The van der Waals surface area contributed by atoms with Gasteiger partial charge in [0.1, 0.15) is 5.75 Å². The number of hydrogen-bond acceptors (Lipinski definition) is 3. The van der Waals surface area contributed by atoms with E-state index in [1.807, 2.05) is 60.7 Å². The molecule has 3 aromatic carbocycles. The van der Waals surface area contributed by atoms with Crippen LogP contribution in [0.2, 0.25) is 0 Å². The van der Waals surface area contributed by atoms with E-state index < -0.39 is 16.1 Å². The number of unbranched alkanes of at least 4 members (excludes halogenated alkanes) is 1. The maximum Gasteiger partial charge on any atom is 0.241 e. The number of hydrogen-bond donors (Lipinski definition) is 1. The lowest BCUT2D eigenvalue weighted by molar-refractivity contribution is 0.309. The van der Waals surface area contributed by atoms with Gasteiger partial charge in [0, 0.05) is 0 Å². The molecule has 3 rings (SSSR count). The smallest absolute Gasteiger partial charge is 0.241 e. The first-order chi connectivity index (χ1) is 13.6. The third-order valence-electron chi connectivity index (χ3n) is 4.44. The van der Waals surface area contributed by atoms with Gasteiger partial charge in [0.15, 0.2) is 0 Å². The number of rotatable bonds is 9. The van der Waals surface area contributed by atoms with Crippen LogP contribution in [0.25, 0.3) is 0 Å². The molecule has 28 heavy (non-hydrogen) atoms. The molecule has 0 unspecified atom stereocenters. The van der Waals surface area contributed by atoms with Crippen molar-refractivity contribution in [3.63, 3.8) is 0 Å². The Labute approximate surface area is 167 Å². The molecule has 3 aromatic rings. The Hall–Kier alpha value is -2.63. The highest BCUT2D eigenvalue weighted by Gasteiger charge is 2.22. The van der Waals surface area contributed by atoms with Crippen molar-refractivity contribution in [3.05, 3.63) is 96.1 Å². The van der Waals surface area contributed by atoms with E-state index in [1.165, 1.54) is 0 Å². The molecular weight excluding hydrogens is 370 g/mol. The topological polar surface area (TPSA) is 55.4 Å². The Bertz CT molecular complexity index is 916. The van der Waals surface area contributed by atoms with Crippen LogP contribution in [-0.4, -0.2) is 15.0 Å². The maximum absolute atomic E-state index is 13.0. The van der Waals surface area contributed by atoms with Gasteiger partial charge >= 0.3 is 0 Å². The van der Waals surface area contributed by atoms with E-state index in [0.717, 1.165) is 24.0 Å². The maximum atomic E-state index is 13.0. The lowest BCUT2D eigenvalue weighted by atomic mass is 10.00. The standard InChI is InChI=1S/C23H25NO3S/c1-2-3-18-27-21-14-16-22(17-15-21)28(25,26)24-23(19-10-6-4-7-11-19)20-12-8-5-9-13-20/h4-17,23-24H,2-3,18H2,1H3. The van der Waals surface area contributed by atoms with Crippen LogP contribution in [0.1, 0.15) is 36.9 Å². The van der Waals surface area contributed by atoms with Gasteiger partial charge in [-0.25, -0.2) is 8.42 Å². The van der Waals surface area contributed by atoms with Gasteiger partial charge in [-0.15, -0.1) is 0 Å². The zero-order valence-corrected chi connectivity index (χ0v) is 16.7. The van der Waals surface area contributed by atoms with Crippen molar-refractivity contribution in [3.8, 4) is 5.75 Å². The van der Waals surface area contributed by atoms with Gasteiger partial charge in [-0.1, -0.05) is 74.0 Å². The second kappa shape index (κ2) is 9.53. The zero-order valence-electron chi connectivity index (χ0n) is 15.9. The van der Waals surface area contributed by atoms with Crippen LogP contribution in [0.5, 0.6) is 5.75 Å². The minimum atomic E-state index is -3.70. The highest BCUT2D eigenvalue weighted by atomic mass is 32.2. The molecule has 0 atom stereocenters. The van der Waals surface area contributed by atoms with Crippen molar-refractivity contribution in [2.75, 3.05) is 6.61 Å². The predicted molar refractivity (Wildman–Crippen MR) is 112 cm³/mol. The highest BCUT2D eigenvalue weighted by molar-refractivity contribution is 7.89. The van der Waals surface area contributed by atoms with Crippen LogP contribution in [-0.2, 0) is 10.0 Å². The van der Waals surface area contributed by atoms with Crippen LogP contribution < -0.4 is 9.46 Å². The Balaban J connectivity index is 1.83. The minimum Gasteiger partial charge on any atom is -0.494 e. The first-order valence-corrected chi connectivity index (χ1v) is 10.9. The van der Waals surface area contributed by atoms with Gasteiger partial charge in [0.2, 0.25) is 10.0 Å². The summed E-state index contributed by atoms with van der Waals surface area (Å²) in [7, 11) is -3.70. The lowest BCUT2D eigenvalue weighted by Crippen LogP contribution is -2.29. The largest absolute Gasteiger partial charge is 0.494 e. The monoisotopic (exact) mass is 395 g/mol. The second-order valence-corrected chi connectivity index (χ2v) is 8.26. The van der Waals surface area contributed by atoms with Crippen molar-refractivity contribution in [2.24, 2.45) is 0 Å². The summed E-state index contributed by atoms with van der Waals surface area (Å²) in [6, 6.07) is 25.2. The van der Waals surface area contributed by atoms with Crippen molar-refractivity contribution < 1.29 is 13.2 Å². The molecule has 0 saturated heterocycles.